The van der Waals surface area contributed by atoms with Crippen molar-refractivity contribution in [3.8, 4) is 5.75 Å². The van der Waals surface area contributed by atoms with Gasteiger partial charge in [-0.25, -0.2) is 0 Å². The predicted octanol–water partition coefficient (Wildman–Crippen LogP) is 1.48. The van der Waals surface area contributed by atoms with Crippen LogP contribution in [0.25, 0.3) is 0 Å². The molecule has 0 amide bonds. The predicted molar refractivity (Wildman–Crippen MR) is 77.9 cm³/mol. The van der Waals surface area contributed by atoms with Crippen molar-refractivity contribution < 1.29 is 4.74 Å². The van der Waals surface area contributed by atoms with Gasteiger partial charge in [-0.05, 0) is 29.7 Å². The van der Waals surface area contributed by atoms with E-state index < -0.39 is 0 Å². The number of aromatic nitrogens is 1. The van der Waals surface area contributed by atoms with E-state index in [2.05, 4.69) is 12.1 Å². The number of nitrogens with zero attached hydrogens (tertiary/aromatic N) is 1. The van der Waals surface area contributed by atoms with Gasteiger partial charge in [-0.15, -0.1) is 0 Å². The highest BCUT2D eigenvalue weighted by Gasteiger charge is 2.12. The molecule has 0 saturated heterocycles. The summed E-state index contributed by atoms with van der Waals surface area (Å²) >= 11 is 0. The van der Waals surface area contributed by atoms with Crippen LogP contribution in [0.15, 0.2) is 41.3 Å². The molecule has 4 heteroatoms. The molecule has 2 heterocycles. The molecular formula is C16H18N2O2. The zero-order valence-corrected chi connectivity index (χ0v) is 11.3. The molecule has 1 aromatic heterocycles. The van der Waals surface area contributed by atoms with Crippen molar-refractivity contribution >= 4 is 0 Å². The molecule has 2 aromatic rings. The second-order valence-electron chi connectivity index (χ2n) is 5.03. The lowest BCUT2D eigenvalue weighted by atomic mass is 10.1. The third-order valence-electron chi connectivity index (χ3n) is 3.71. The van der Waals surface area contributed by atoms with Crippen molar-refractivity contribution in [2.24, 2.45) is 5.73 Å². The van der Waals surface area contributed by atoms with Gasteiger partial charge in [0.2, 0.25) is 0 Å². The summed E-state index contributed by atoms with van der Waals surface area (Å²) in [6.07, 6.45) is 3.63. The van der Waals surface area contributed by atoms with Crippen molar-refractivity contribution in [2.45, 2.75) is 25.9 Å². The first-order chi connectivity index (χ1) is 9.78. The fourth-order valence-corrected chi connectivity index (χ4v) is 2.56. The average Bonchev–Trinajstić information content (AvgIpc) is 2.93. The Hall–Kier alpha value is -2.07. The number of benzene rings is 1. The fourth-order valence-electron chi connectivity index (χ4n) is 2.56. The molecule has 4 nitrogen and oxygen atoms in total. The molecule has 0 aliphatic carbocycles. The largest absolute Gasteiger partial charge is 0.493 e. The van der Waals surface area contributed by atoms with Gasteiger partial charge >= 0.3 is 0 Å². The summed E-state index contributed by atoms with van der Waals surface area (Å²) in [7, 11) is 0. The highest BCUT2D eigenvalue weighted by Crippen LogP contribution is 2.26. The molecule has 20 heavy (non-hydrogen) atoms. The SMILES string of the molecule is NCc1cccn(CCc2ccc3c(c2)CCO3)c1=O. The van der Waals surface area contributed by atoms with E-state index in [0.29, 0.717) is 12.1 Å². The molecule has 104 valence electrons. The van der Waals surface area contributed by atoms with Crippen LogP contribution in [0.3, 0.4) is 0 Å². The number of rotatable bonds is 4. The van der Waals surface area contributed by atoms with Crippen molar-refractivity contribution in [3.05, 3.63) is 63.6 Å². The van der Waals surface area contributed by atoms with Crippen LogP contribution >= 0.6 is 0 Å². The lowest BCUT2D eigenvalue weighted by Gasteiger charge is -2.08. The third kappa shape index (κ3) is 2.47. The van der Waals surface area contributed by atoms with Gasteiger partial charge in [0.15, 0.2) is 0 Å². The number of fused-ring (bicyclic) bond motifs is 1. The summed E-state index contributed by atoms with van der Waals surface area (Å²) in [6, 6.07) is 9.94. The summed E-state index contributed by atoms with van der Waals surface area (Å²) < 4.78 is 7.22. The van der Waals surface area contributed by atoms with Gasteiger partial charge in [-0.1, -0.05) is 18.2 Å². The van der Waals surface area contributed by atoms with Crippen LogP contribution < -0.4 is 16.0 Å². The first kappa shape index (κ1) is 12.9. The minimum Gasteiger partial charge on any atom is -0.493 e. The molecule has 1 aromatic carbocycles. The van der Waals surface area contributed by atoms with E-state index in [4.69, 9.17) is 10.5 Å². The summed E-state index contributed by atoms with van der Waals surface area (Å²) in [4.78, 5) is 12.1. The third-order valence-corrected chi connectivity index (χ3v) is 3.71. The lowest BCUT2D eigenvalue weighted by Crippen LogP contribution is -2.25. The minimum atomic E-state index is 0.0134. The van der Waals surface area contributed by atoms with E-state index in [9.17, 15) is 4.79 Å². The van der Waals surface area contributed by atoms with Gasteiger partial charge in [0.25, 0.3) is 5.56 Å². The van der Waals surface area contributed by atoms with E-state index in [1.165, 1.54) is 11.1 Å². The van der Waals surface area contributed by atoms with E-state index >= 15 is 0 Å². The number of nitrogens with two attached hydrogens (primary N) is 1. The Morgan fingerprint density at radius 1 is 1.30 bits per heavy atom. The number of ether oxygens (including phenoxy) is 1. The van der Waals surface area contributed by atoms with Gasteiger partial charge in [0, 0.05) is 31.3 Å². The van der Waals surface area contributed by atoms with E-state index in [-0.39, 0.29) is 12.1 Å². The Morgan fingerprint density at radius 3 is 3.05 bits per heavy atom. The number of hydrogen-bond donors (Lipinski definition) is 1. The first-order valence-electron chi connectivity index (χ1n) is 6.91. The molecule has 0 atom stereocenters. The molecule has 0 saturated carbocycles. The van der Waals surface area contributed by atoms with Crippen molar-refractivity contribution in [1.82, 2.24) is 4.57 Å². The molecule has 0 spiro atoms. The zero-order valence-electron chi connectivity index (χ0n) is 11.3. The lowest BCUT2D eigenvalue weighted by molar-refractivity contribution is 0.357. The van der Waals surface area contributed by atoms with Crippen LogP contribution in [0, 0.1) is 0 Å². The van der Waals surface area contributed by atoms with Crippen molar-refractivity contribution in [1.29, 1.82) is 0 Å². The number of pyridine rings is 1. The molecule has 0 fully saturated rings. The molecule has 0 unspecified atom stereocenters. The van der Waals surface area contributed by atoms with Crippen LogP contribution in [-0.2, 0) is 25.9 Å². The molecule has 3 rings (SSSR count). The Labute approximate surface area is 117 Å². The maximum Gasteiger partial charge on any atom is 0.255 e. The fraction of sp³-hybridized carbons (Fsp3) is 0.312. The van der Waals surface area contributed by atoms with Crippen LogP contribution in [-0.4, -0.2) is 11.2 Å². The topological polar surface area (TPSA) is 57.2 Å². The Balaban J connectivity index is 1.75. The highest BCUT2D eigenvalue weighted by molar-refractivity contribution is 5.39. The second-order valence-corrected chi connectivity index (χ2v) is 5.03. The van der Waals surface area contributed by atoms with Crippen molar-refractivity contribution in [2.75, 3.05) is 6.61 Å². The Morgan fingerprint density at radius 2 is 2.20 bits per heavy atom. The zero-order chi connectivity index (χ0) is 13.9. The number of hydrogen-bond acceptors (Lipinski definition) is 3. The summed E-state index contributed by atoms with van der Waals surface area (Å²) in [5.74, 6) is 0.996. The minimum absolute atomic E-state index is 0.0134. The average molecular weight is 270 g/mol. The normalized spacial score (nSPS) is 13.1. The van der Waals surface area contributed by atoms with Crippen LogP contribution in [0.2, 0.25) is 0 Å². The van der Waals surface area contributed by atoms with Crippen molar-refractivity contribution in [3.63, 3.8) is 0 Å². The van der Waals surface area contributed by atoms with Crippen LogP contribution in [0.4, 0.5) is 0 Å². The maximum atomic E-state index is 12.1. The maximum absolute atomic E-state index is 12.1. The highest BCUT2D eigenvalue weighted by atomic mass is 16.5. The number of aryl methyl sites for hydroxylation is 2. The molecular weight excluding hydrogens is 252 g/mol. The van der Waals surface area contributed by atoms with Gasteiger partial charge in [0.05, 0.1) is 6.61 Å². The molecule has 1 aliphatic rings. The van der Waals surface area contributed by atoms with Gasteiger partial charge in [-0.2, -0.15) is 0 Å². The van der Waals surface area contributed by atoms with E-state index in [0.717, 1.165) is 25.2 Å². The van der Waals surface area contributed by atoms with Gasteiger partial charge in [0.1, 0.15) is 5.75 Å². The first-order valence-corrected chi connectivity index (χ1v) is 6.91. The summed E-state index contributed by atoms with van der Waals surface area (Å²) in [5.41, 5.74) is 8.74. The van der Waals surface area contributed by atoms with Crippen LogP contribution in [0.5, 0.6) is 5.75 Å². The van der Waals surface area contributed by atoms with E-state index in [1.807, 2.05) is 18.3 Å². The molecule has 1 aliphatic heterocycles. The second kappa shape index (κ2) is 5.51. The van der Waals surface area contributed by atoms with E-state index in [1.54, 1.807) is 10.6 Å². The van der Waals surface area contributed by atoms with Gasteiger partial charge in [-0.3, -0.25) is 4.79 Å². The van der Waals surface area contributed by atoms with Crippen LogP contribution in [0.1, 0.15) is 16.7 Å². The monoisotopic (exact) mass is 270 g/mol. The Kier molecular flexibility index (Phi) is 3.56. The molecule has 0 bridgehead atoms. The Bertz CT molecular complexity index is 676. The molecule has 0 radical (unpaired) electrons. The standard InChI is InChI=1S/C16H18N2O2/c17-11-14-2-1-7-18(16(14)19)8-5-12-3-4-15-13(10-12)6-9-20-15/h1-4,7,10H,5-6,8-9,11,17H2. The quantitative estimate of drug-likeness (QED) is 0.915. The van der Waals surface area contributed by atoms with Gasteiger partial charge < -0.3 is 15.0 Å². The smallest absolute Gasteiger partial charge is 0.255 e. The molecule has 2 N–H and O–H groups in total. The summed E-state index contributed by atoms with van der Waals surface area (Å²) in [5, 5.41) is 0. The summed E-state index contributed by atoms with van der Waals surface area (Å²) in [6.45, 7) is 1.74.